The van der Waals surface area contributed by atoms with Crippen LogP contribution in [0.5, 0.6) is 0 Å². The van der Waals surface area contributed by atoms with Gasteiger partial charge in [0.05, 0.1) is 0 Å². The molecule has 1 aliphatic carbocycles. The van der Waals surface area contributed by atoms with Crippen molar-refractivity contribution in [3.63, 3.8) is 0 Å². The molecule has 0 unspecified atom stereocenters. The average Bonchev–Trinajstić information content (AvgIpc) is 2.09. The average molecular weight is 215 g/mol. The van der Waals surface area contributed by atoms with Gasteiger partial charge in [0.15, 0.2) is 11.6 Å². The lowest BCUT2D eigenvalue weighted by Gasteiger charge is -2.31. The van der Waals surface area contributed by atoms with Gasteiger partial charge in [-0.25, -0.2) is 13.2 Å². The molecule has 2 N–H and O–H groups in total. The third-order valence-electron chi connectivity index (χ3n) is 3.07. The van der Waals surface area contributed by atoms with Crippen molar-refractivity contribution < 1.29 is 13.2 Å². The van der Waals surface area contributed by atoms with Crippen LogP contribution in [0.3, 0.4) is 0 Å². The molecule has 15 heavy (non-hydrogen) atoms. The maximum absolute atomic E-state index is 13.3. The van der Waals surface area contributed by atoms with Crippen molar-refractivity contribution in [3.8, 4) is 0 Å². The van der Waals surface area contributed by atoms with Crippen LogP contribution in [-0.4, -0.2) is 0 Å². The standard InChI is InChI=1S/C11H12F3N/c12-7-4-5-8(13)10(14)9(7)11(15)6-2-1-3-6/h4-6,11H,1-3,15H2/t11-/m1/s1. The van der Waals surface area contributed by atoms with Gasteiger partial charge in [-0.2, -0.15) is 0 Å². The zero-order chi connectivity index (χ0) is 11.0. The van der Waals surface area contributed by atoms with Gasteiger partial charge < -0.3 is 5.73 Å². The molecule has 1 aliphatic rings. The first-order chi connectivity index (χ1) is 7.11. The Morgan fingerprint density at radius 2 is 1.73 bits per heavy atom. The third-order valence-corrected chi connectivity index (χ3v) is 3.07. The van der Waals surface area contributed by atoms with Crippen LogP contribution in [0.25, 0.3) is 0 Å². The molecule has 0 bridgehead atoms. The number of hydrogen-bond donors (Lipinski definition) is 1. The van der Waals surface area contributed by atoms with Gasteiger partial charge in [0.2, 0.25) is 0 Å². The van der Waals surface area contributed by atoms with Gasteiger partial charge in [-0.3, -0.25) is 0 Å². The van der Waals surface area contributed by atoms with Crippen LogP contribution in [0.2, 0.25) is 0 Å². The first-order valence-corrected chi connectivity index (χ1v) is 5.00. The molecule has 1 aromatic carbocycles. The van der Waals surface area contributed by atoms with Crippen molar-refractivity contribution >= 4 is 0 Å². The Morgan fingerprint density at radius 3 is 2.27 bits per heavy atom. The summed E-state index contributed by atoms with van der Waals surface area (Å²) in [5.41, 5.74) is 5.42. The van der Waals surface area contributed by atoms with Crippen LogP contribution in [0.4, 0.5) is 13.2 Å². The summed E-state index contributed by atoms with van der Waals surface area (Å²) < 4.78 is 39.6. The van der Waals surface area contributed by atoms with Crippen molar-refractivity contribution in [2.75, 3.05) is 0 Å². The van der Waals surface area contributed by atoms with E-state index in [1.807, 2.05) is 0 Å². The minimum absolute atomic E-state index is 0.0794. The SMILES string of the molecule is N[C@@H](c1c(F)ccc(F)c1F)C1CCC1. The van der Waals surface area contributed by atoms with Crippen LogP contribution < -0.4 is 5.73 Å². The Morgan fingerprint density at radius 1 is 1.13 bits per heavy atom. The molecule has 0 saturated heterocycles. The molecule has 4 heteroatoms. The van der Waals surface area contributed by atoms with E-state index in [4.69, 9.17) is 5.73 Å². The van der Waals surface area contributed by atoms with Crippen molar-refractivity contribution in [1.29, 1.82) is 0 Å². The maximum atomic E-state index is 13.3. The lowest BCUT2D eigenvalue weighted by molar-refractivity contribution is 0.254. The Kier molecular flexibility index (Phi) is 2.69. The molecule has 82 valence electrons. The second kappa shape index (κ2) is 3.85. The molecule has 0 radical (unpaired) electrons. The van der Waals surface area contributed by atoms with E-state index in [0.29, 0.717) is 0 Å². The fourth-order valence-electron chi connectivity index (χ4n) is 1.88. The van der Waals surface area contributed by atoms with Crippen LogP contribution in [0.15, 0.2) is 12.1 Å². The fraction of sp³-hybridized carbons (Fsp3) is 0.455. The lowest BCUT2D eigenvalue weighted by Crippen LogP contribution is -2.28. The summed E-state index contributed by atoms with van der Waals surface area (Å²) >= 11 is 0. The molecular weight excluding hydrogens is 203 g/mol. The van der Waals surface area contributed by atoms with E-state index in [-0.39, 0.29) is 11.5 Å². The first kappa shape index (κ1) is 10.5. The number of rotatable bonds is 2. The molecule has 1 nitrogen and oxygen atoms in total. The maximum Gasteiger partial charge on any atom is 0.166 e. The molecule has 1 aromatic rings. The van der Waals surface area contributed by atoms with Crippen molar-refractivity contribution in [3.05, 3.63) is 35.1 Å². The number of halogens is 3. The quantitative estimate of drug-likeness (QED) is 0.754. The second-order valence-corrected chi connectivity index (χ2v) is 3.97. The van der Waals surface area contributed by atoms with E-state index < -0.39 is 23.5 Å². The van der Waals surface area contributed by atoms with Crippen molar-refractivity contribution in [2.24, 2.45) is 11.7 Å². The summed E-state index contributed by atoms with van der Waals surface area (Å²) in [5.74, 6) is -2.86. The van der Waals surface area contributed by atoms with Gasteiger partial charge in [-0.15, -0.1) is 0 Å². The highest BCUT2D eigenvalue weighted by atomic mass is 19.2. The molecule has 0 amide bonds. The molecule has 1 saturated carbocycles. The van der Waals surface area contributed by atoms with E-state index in [2.05, 4.69) is 0 Å². The van der Waals surface area contributed by atoms with E-state index in [0.717, 1.165) is 31.4 Å². The number of nitrogens with two attached hydrogens (primary N) is 1. The lowest BCUT2D eigenvalue weighted by atomic mass is 9.77. The van der Waals surface area contributed by atoms with E-state index in [1.54, 1.807) is 0 Å². The van der Waals surface area contributed by atoms with Gasteiger partial charge in [0.1, 0.15) is 5.82 Å². The topological polar surface area (TPSA) is 26.0 Å². The molecule has 2 rings (SSSR count). The van der Waals surface area contributed by atoms with E-state index in [1.165, 1.54) is 0 Å². The highest BCUT2D eigenvalue weighted by Crippen LogP contribution is 2.38. The second-order valence-electron chi connectivity index (χ2n) is 3.97. The van der Waals surface area contributed by atoms with Crippen molar-refractivity contribution in [1.82, 2.24) is 0 Å². The Hall–Kier alpha value is -1.03. The molecule has 0 heterocycles. The van der Waals surface area contributed by atoms with Crippen LogP contribution >= 0.6 is 0 Å². The summed E-state index contributed by atoms with van der Waals surface area (Å²) in [4.78, 5) is 0. The highest BCUT2D eigenvalue weighted by Gasteiger charge is 2.30. The van der Waals surface area contributed by atoms with Gasteiger partial charge in [0, 0.05) is 11.6 Å². The highest BCUT2D eigenvalue weighted by molar-refractivity contribution is 5.25. The van der Waals surface area contributed by atoms with Gasteiger partial charge in [-0.1, -0.05) is 6.42 Å². The van der Waals surface area contributed by atoms with Crippen LogP contribution in [0, 0.1) is 23.4 Å². The fourth-order valence-corrected chi connectivity index (χ4v) is 1.88. The predicted molar refractivity (Wildman–Crippen MR) is 50.6 cm³/mol. The zero-order valence-electron chi connectivity index (χ0n) is 8.14. The molecular formula is C11H12F3N. The normalized spacial score (nSPS) is 18.7. The smallest absolute Gasteiger partial charge is 0.166 e. The molecule has 0 aromatic heterocycles. The minimum atomic E-state index is -1.14. The molecule has 0 spiro atoms. The molecule has 0 aliphatic heterocycles. The summed E-state index contributed by atoms with van der Waals surface area (Å²) in [6.45, 7) is 0. The van der Waals surface area contributed by atoms with E-state index >= 15 is 0 Å². The van der Waals surface area contributed by atoms with Crippen molar-refractivity contribution in [2.45, 2.75) is 25.3 Å². The van der Waals surface area contributed by atoms with Gasteiger partial charge in [-0.05, 0) is 30.9 Å². The van der Waals surface area contributed by atoms with E-state index in [9.17, 15) is 13.2 Å². The monoisotopic (exact) mass is 215 g/mol. The zero-order valence-corrected chi connectivity index (χ0v) is 8.14. The summed E-state index contributed by atoms with van der Waals surface area (Å²) in [6.07, 6.45) is 2.74. The number of hydrogen-bond acceptors (Lipinski definition) is 1. The Balaban J connectivity index is 2.36. The summed E-state index contributed by atoms with van der Waals surface area (Å²) in [5, 5.41) is 0. The third kappa shape index (κ3) is 1.74. The predicted octanol–water partition coefficient (Wildman–Crippen LogP) is 2.90. The van der Waals surface area contributed by atoms with Gasteiger partial charge >= 0.3 is 0 Å². The van der Waals surface area contributed by atoms with Gasteiger partial charge in [0.25, 0.3) is 0 Å². The molecule has 1 atom stereocenters. The number of benzene rings is 1. The minimum Gasteiger partial charge on any atom is -0.324 e. The molecule has 1 fully saturated rings. The Bertz CT molecular complexity index is 374. The van der Waals surface area contributed by atoms with Crippen LogP contribution in [0.1, 0.15) is 30.9 Å². The van der Waals surface area contributed by atoms with Crippen LogP contribution in [-0.2, 0) is 0 Å². The first-order valence-electron chi connectivity index (χ1n) is 5.00. The summed E-state index contributed by atoms with van der Waals surface area (Å²) in [6, 6.07) is 0.975. The Labute approximate surface area is 86.1 Å². The largest absolute Gasteiger partial charge is 0.324 e. The summed E-state index contributed by atoms with van der Waals surface area (Å²) in [7, 11) is 0.